The van der Waals surface area contributed by atoms with E-state index in [9.17, 15) is 9.59 Å². The summed E-state index contributed by atoms with van der Waals surface area (Å²) in [7, 11) is 1.33. The number of carbonyl (C=O) groups is 2. The molecule has 0 saturated carbocycles. The van der Waals surface area contributed by atoms with Crippen LogP contribution < -0.4 is 10.6 Å². The second-order valence-electron chi connectivity index (χ2n) is 1.59. The molecule has 53 valence electrons. The molecule has 0 spiro atoms. The number of ether oxygens (including phenoxy) is 1. The van der Waals surface area contributed by atoms with E-state index < -0.39 is 11.9 Å². The molecule has 0 unspecified atom stereocenters. The molecule has 0 bridgehead atoms. The van der Waals surface area contributed by atoms with Gasteiger partial charge in [0.1, 0.15) is 0 Å². The minimum atomic E-state index is -0.661. The van der Waals surface area contributed by atoms with Crippen LogP contribution in [0.2, 0.25) is 0 Å². The third kappa shape index (κ3) is 1.07. The number of imide groups is 1. The van der Waals surface area contributed by atoms with Gasteiger partial charge in [-0.05, 0) is 0 Å². The summed E-state index contributed by atoms with van der Waals surface area (Å²) >= 11 is 0. The number of methoxy groups -OCH3 is 1. The number of rotatable bonds is 1. The van der Waals surface area contributed by atoms with Gasteiger partial charge in [-0.3, -0.25) is 10.1 Å². The average Bonchev–Trinajstić information content (AvgIpc) is 1.88. The fourth-order valence-corrected chi connectivity index (χ4v) is 0.512. The molecule has 5 heteroatoms. The SMILES string of the molecule is COC1=C[N]C(=O)NC1=O. The fourth-order valence-electron chi connectivity index (χ4n) is 0.512. The van der Waals surface area contributed by atoms with Crippen LogP contribution in [0.4, 0.5) is 4.79 Å². The molecule has 1 N–H and O–H groups in total. The van der Waals surface area contributed by atoms with Gasteiger partial charge in [0.15, 0.2) is 0 Å². The summed E-state index contributed by atoms with van der Waals surface area (Å²) in [5.74, 6) is -0.512. The lowest BCUT2D eigenvalue weighted by atomic mass is 10.4. The first-order valence-corrected chi connectivity index (χ1v) is 2.54. The van der Waals surface area contributed by atoms with Crippen LogP contribution >= 0.6 is 0 Å². The van der Waals surface area contributed by atoms with Crippen molar-refractivity contribution in [2.45, 2.75) is 0 Å². The Morgan fingerprint density at radius 3 is 2.80 bits per heavy atom. The first kappa shape index (κ1) is 6.60. The molecule has 0 aromatic rings. The molecule has 0 fully saturated rings. The molecule has 1 aliphatic rings. The molecule has 1 aliphatic heterocycles. The van der Waals surface area contributed by atoms with E-state index in [1.165, 1.54) is 7.11 Å². The maximum absolute atomic E-state index is 10.7. The Balaban J connectivity index is 2.75. The van der Waals surface area contributed by atoms with Crippen molar-refractivity contribution < 1.29 is 14.3 Å². The molecule has 0 aromatic carbocycles. The van der Waals surface area contributed by atoms with E-state index in [1.54, 1.807) is 0 Å². The molecule has 3 amide bonds. The zero-order chi connectivity index (χ0) is 7.56. The van der Waals surface area contributed by atoms with Crippen LogP contribution in [0.5, 0.6) is 0 Å². The number of nitrogens with one attached hydrogen (secondary N) is 1. The van der Waals surface area contributed by atoms with Gasteiger partial charge < -0.3 is 4.74 Å². The highest BCUT2D eigenvalue weighted by molar-refractivity contribution is 6.05. The Morgan fingerprint density at radius 2 is 2.30 bits per heavy atom. The Bertz CT molecular complexity index is 209. The largest absolute Gasteiger partial charge is 0.490 e. The zero-order valence-electron chi connectivity index (χ0n) is 5.25. The topological polar surface area (TPSA) is 69.5 Å². The highest BCUT2D eigenvalue weighted by atomic mass is 16.5. The monoisotopic (exact) mass is 141 g/mol. The van der Waals surface area contributed by atoms with Crippen LogP contribution in [-0.2, 0) is 9.53 Å². The highest BCUT2D eigenvalue weighted by Crippen LogP contribution is 1.97. The summed E-state index contributed by atoms with van der Waals surface area (Å²) in [5.41, 5.74) is 0. The number of hydrogen-bond donors (Lipinski definition) is 1. The summed E-state index contributed by atoms with van der Waals surface area (Å²) in [4.78, 5) is 21.0. The zero-order valence-corrected chi connectivity index (χ0v) is 5.25. The molecular formula is C5H5N2O3. The number of amides is 3. The lowest BCUT2D eigenvalue weighted by Crippen LogP contribution is -2.39. The average molecular weight is 141 g/mol. The predicted molar refractivity (Wildman–Crippen MR) is 30.8 cm³/mol. The summed E-state index contributed by atoms with van der Waals surface area (Å²) in [5, 5.41) is 5.22. The summed E-state index contributed by atoms with van der Waals surface area (Å²) in [6.07, 6.45) is 1.08. The Hall–Kier alpha value is -1.52. The van der Waals surface area contributed by atoms with Gasteiger partial charge in [-0.2, -0.15) is 5.32 Å². The maximum Gasteiger partial charge on any atom is 0.348 e. The van der Waals surface area contributed by atoms with Crippen molar-refractivity contribution in [1.29, 1.82) is 0 Å². The van der Waals surface area contributed by atoms with E-state index in [0.29, 0.717) is 0 Å². The Kier molecular flexibility index (Phi) is 1.57. The van der Waals surface area contributed by atoms with Crippen molar-refractivity contribution in [2.24, 2.45) is 0 Å². The summed E-state index contributed by atoms with van der Waals surface area (Å²) in [6.45, 7) is 0. The predicted octanol–water partition coefficient (Wildman–Crippen LogP) is -0.672. The summed E-state index contributed by atoms with van der Waals surface area (Å²) in [6, 6.07) is -0.661. The molecule has 10 heavy (non-hydrogen) atoms. The Labute approximate surface area is 57.0 Å². The van der Waals surface area contributed by atoms with Crippen molar-refractivity contribution in [1.82, 2.24) is 10.6 Å². The van der Waals surface area contributed by atoms with Gasteiger partial charge >= 0.3 is 6.03 Å². The molecule has 0 atom stereocenters. The van der Waals surface area contributed by atoms with Crippen LogP contribution in [0.1, 0.15) is 0 Å². The van der Waals surface area contributed by atoms with Crippen LogP contribution in [0.25, 0.3) is 0 Å². The van der Waals surface area contributed by atoms with Gasteiger partial charge in [0.05, 0.1) is 13.3 Å². The van der Waals surface area contributed by atoms with Crippen molar-refractivity contribution in [3.63, 3.8) is 0 Å². The Morgan fingerprint density at radius 1 is 1.60 bits per heavy atom. The van der Waals surface area contributed by atoms with Crippen LogP contribution in [-0.4, -0.2) is 19.0 Å². The molecule has 0 saturated heterocycles. The van der Waals surface area contributed by atoms with E-state index in [2.05, 4.69) is 10.1 Å². The van der Waals surface area contributed by atoms with E-state index in [1.807, 2.05) is 5.32 Å². The van der Waals surface area contributed by atoms with Gasteiger partial charge in [0.2, 0.25) is 5.76 Å². The molecular weight excluding hydrogens is 136 g/mol. The minimum absolute atomic E-state index is 0.0413. The van der Waals surface area contributed by atoms with E-state index >= 15 is 0 Å². The van der Waals surface area contributed by atoms with Crippen LogP contribution in [0.3, 0.4) is 0 Å². The van der Waals surface area contributed by atoms with Crippen molar-refractivity contribution in [3.8, 4) is 0 Å². The third-order valence-electron chi connectivity index (χ3n) is 0.963. The van der Waals surface area contributed by atoms with Crippen molar-refractivity contribution in [3.05, 3.63) is 12.0 Å². The fraction of sp³-hybridized carbons (Fsp3) is 0.200. The smallest absolute Gasteiger partial charge is 0.348 e. The highest BCUT2D eigenvalue weighted by Gasteiger charge is 2.19. The van der Waals surface area contributed by atoms with Gasteiger partial charge in [0.25, 0.3) is 5.91 Å². The first-order chi connectivity index (χ1) is 4.74. The third-order valence-corrected chi connectivity index (χ3v) is 0.963. The van der Waals surface area contributed by atoms with Crippen LogP contribution in [0.15, 0.2) is 12.0 Å². The van der Waals surface area contributed by atoms with E-state index in [0.717, 1.165) is 6.20 Å². The van der Waals surface area contributed by atoms with Crippen molar-refractivity contribution in [2.75, 3.05) is 7.11 Å². The van der Waals surface area contributed by atoms with Gasteiger partial charge in [-0.25, -0.2) is 4.79 Å². The second kappa shape index (κ2) is 2.38. The molecule has 0 aromatic heterocycles. The van der Waals surface area contributed by atoms with Gasteiger partial charge in [-0.15, -0.1) is 0 Å². The van der Waals surface area contributed by atoms with E-state index in [-0.39, 0.29) is 5.76 Å². The maximum atomic E-state index is 10.7. The number of urea groups is 1. The molecule has 0 aliphatic carbocycles. The lowest BCUT2D eigenvalue weighted by molar-refractivity contribution is -0.119. The quantitative estimate of drug-likeness (QED) is 0.526. The second-order valence-corrected chi connectivity index (χ2v) is 1.59. The molecule has 1 rings (SSSR count). The summed E-state index contributed by atoms with van der Waals surface area (Å²) < 4.78 is 4.55. The molecule has 5 nitrogen and oxygen atoms in total. The number of hydrogen-bond acceptors (Lipinski definition) is 3. The van der Waals surface area contributed by atoms with E-state index in [4.69, 9.17) is 0 Å². The first-order valence-electron chi connectivity index (χ1n) is 2.54. The number of carbonyl (C=O) groups excluding carboxylic acids is 2. The number of nitrogens with zero attached hydrogens (tertiary/aromatic N) is 1. The minimum Gasteiger partial charge on any atom is -0.490 e. The standard InChI is InChI=1S/C5H5N2O3/c1-10-3-2-6-5(9)7-4(3)8/h2H,1H3,(H,7,8,9). The van der Waals surface area contributed by atoms with Crippen LogP contribution in [0, 0.1) is 0 Å². The normalized spacial score (nSPS) is 17.1. The molecule has 1 radical (unpaired) electrons. The molecule has 1 heterocycles. The lowest BCUT2D eigenvalue weighted by Gasteiger charge is -2.09. The van der Waals surface area contributed by atoms with Gasteiger partial charge in [-0.1, -0.05) is 0 Å². The van der Waals surface area contributed by atoms with Gasteiger partial charge in [0, 0.05) is 0 Å². The van der Waals surface area contributed by atoms with Crippen molar-refractivity contribution >= 4 is 11.9 Å².